The van der Waals surface area contributed by atoms with Gasteiger partial charge in [0.15, 0.2) is 11.6 Å². The number of nitrogens with one attached hydrogen (secondary N) is 1. The maximum atomic E-state index is 13.6. The van der Waals surface area contributed by atoms with Crippen LogP contribution >= 0.6 is 0 Å². The number of anilines is 3. The van der Waals surface area contributed by atoms with Gasteiger partial charge in [0.25, 0.3) is 0 Å². The molecule has 0 aliphatic carbocycles. The Hall–Kier alpha value is -2.30. The molecule has 0 unspecified atom stereocenters. The molecule has 0 aliphatic rings. The quantitative estimate of drug-likeness (QED) is 0.822. The van der Waals surface area contributed by atoms with Gasteiger partial charge in [-0.2, -0.15) is 0 Å². The van der Waals surface area contributed by atoms with Crippen molar-refractivity contribution in [3.05, 3.63) is 48.0 Å². The van der Waals surface area contributed by atoms with Crippen molar-refractivity contribution >= 4 is 17.1 Å². The third-order valence-electron chi connectivity index (χ3n) is 2.49. The molecule has 0 spiro atoms. The van der Waals surface area contributed by atoms with Crippen LogP contribution < -0.4 is 15.8 Å². The van der Waals surface area contributed by atoms with E-state index in [0.717, 1.165) is 6.07 Å². The van der Waals surface area contributed by atoms with Gasteiger partial charge in [-0.15, -0.1) is 0 Å². The molecule has 3 N–H and O–H groups in total. The molecule has 0 heterocycles. The summed E-state index contributed by atoms with van der Waals surface area (Å²) in [5.41, 5.74) is 6.16. The van der Waals surface area contributed by atoms with Crippen LogP contribution in [0, 0.1) is 11.6 Å². The molecule has 2 aromatic rings. The zero-order chi connectivity index (χ0) is 13.1. The second-order valence-corrected chi connectivity index (χ2v) is 3.65. The van der Waals surface area contributed by atoms with Crippen LogP contribution in [0.2, 0.25) is 0 Å². The molecule has 0 radical (unpaired) electrons. The van der Waals surface area contributed by atoms with E-state index in [9.17, 15) is 8.78 Å². The summed E-state index contributed by atoms with van der Waals surface area (Å²) in [7, 11) is 1.49. The monoisotopic (exact) mass is 250 g/mol. The lowest BCUT2D eigenvalue weighted by molar-refractivity contribution is 0.416. The second-order valence-electron chi connectivity index (χ2n) is 3.65. The van der Waals surface area contributed by atoms with E-state index in [1.807, 2.05) is 0 Å². The maximum Gasteiger partial charge on any atom is 0.184 e. The molecular formula is C13H12F2N2O. The molecule has 0 saturated heterocycles. The van der Waals surface area contributed by atoms with E-state index in [0.29, 0.717) is 11.4 Å². The Kier molecular flexibility index (Phi) is 3.32. The molecule has 94 valence electrons. The number of para-hydroxylation sites is 2. The van der Waals surface area contributed by atoms with E-state index in [1.165, 1.54) is 13.2 Å². The molecule has 5 heteroatoms. The molecule has 3 nitrogen and oxygen atoms in total. The summed E-state index contributed by atoms with van der Waals surface area (Å²) in [4.78, 5) is 0. The average Bonchev–Trinajstić information content (AvgIpc) is 2.39. The Morgan fingerprint density at radius 3 is 2.56 bits per heavy atom. The fourth-order valence-electron chi connectivity index (χ4n) is 1.58. The van der Waals surface area contributed by atoms with E-state index in [-0.39, 0.29) is 11.4 Å². The van der Waals surface area contributed by atoms with Crippen molar-refractivity contribution < 1.29 is 13.5 Å². The number of nitrogen functional groups attached to an aromatic ring is 1. The molecule has 2 aromatic carbocycles. The molecule has 0 saturated carbocycles. The van der Waals surface area contributed by atoms with Crippen molar-refractivity contribution in [3.8, 4) is 5.75 Å². The van der Waals surface area contributed by atoms with Crippen LogP contribution in [0.1, 0.15) is 0 Å². The molecule has 0 atom stereocenters. The van der Waals surface area contributed by atoms with E-state index in [1.54, 1.807) is 24.3 Å². The topological polar surface area (TPSA) is 47.3 Å². The summed E-state index contributed by atoms with van der Waals surface area (Å²) < 4.78 is 31.9. The first-order valence-electron chi connectivity index (χ1n) is 5.27. The highest BCUT2D eigenvalue weighted by Gasteiger charge is 2.13. The zero-order valence-electron chi connectivity index (χ0n) is 9.71. The first-order valence-corrected chi connectivity index (χ1v) is 5.27. The van der Waals surface area contributed by atoms with Crippen LogP contribution in [0.15, 0.2) is 36.4 Å². The summed E-state index contributed by atoms with van der Waals surface area (Å²) in [6.45, 7) is 0. The van der Waals surface area contributed by atoms with Crippen LogP contribution in [-0.4, -0.2) is 7.11 Å². The number of ether oxygens (including phenoxy) is 1. The van der Waals surface area contributed by atoms with Gasteiger partial charge in [0.2, 0.25) is 0 Å². The fraction of sp³-hybridized carbons (Fsp3) is 0.0769. The number of hydrogen-bond acceptors (Lipinski definition) is 3. The van der Waals surface area contributed by atoms with Gasteiger partial charge < -0.3 is 15.8 Å². The van der Waals surface area contributed by atoms with Crippen LogP contribution in [0.4, 0.5) is 25.8 Å². The SMILES string of the molecule is COc1ccccc1Nc1c(N)ccc(F)c1F. The normalized spacial score (nSPS) is 10.2. The van der Waals surface area contributed by atoms with Gasteiger partial charge >= 0.3 is 0 Å². The minimum atomic E-state index is -1.01. The lowest BCUT2D eigenvalue weighted by Gasteiger charge is -2.13. The third-order valence-corrected chi connectivity index (χ3v) is 2.49. The summed E-state index contributed by atoms with van der Waals surface area (Å²) in [6, 6.07) is 9.19. The standard InChI is InChI=1S/C13H12F2N2O/c1-18-11-5-3-2-4-10(11)17-13-9(16)7-6-8(14)12(13)15/h2-7,17H,16H2,1H3. The van der Waals surface area contributed by atoms with Crippen LogP contribution in [0.5, 0.6) is 5.75 Å². The fourth-order valence-corrected chi connectivity index (χ4v) is 1.58. The Morgan fingerprint density at radius 1 is 1.11 bits per heavy atom. The van der Waals surface area contributed by atoms with E-state index >= 15 is 0 Å². The van der Waals surface area contributed by atoms with Gasteiger partial charge in [-0.3, -0.25) is 0 Å². The number of nitrogens with two attached hydrogens (primary N) is 1. The highest BCUT2D eigenvalue weighted by Crippen LogP contribution is 2.32. The number of rotatable bonds is 3. The molecule has 0 aliphatic heterocycles. The summed E-state index contributed by atoms with van der Waals surface area (Å²) in [5, 5.41) is 2.74. The molecule has 0 amide bonds. The van der Waals surface area contributed by atoms with Gasteiger partial charge in [0.1, 0.15) is 11.4 Å². The molecule has 18 heavy (non-hydrogen) atoms. The Labute approximate surface area is 103 Å². The Bertz CT molecular complexity index is 573. The number of halogens is 2. The van der Waals surface area contributed by atoms with Crippen LogP contribution in [-0.2, 0) is 0 Å². The predicted molar refractivity (Wildman–Crippen MR) is 67.0 cm³/mol. The van der Waals surface area contributed by atoms with Crippen molar-refractivity contribution in [2.45, 2.75) is 0 Å². The van der Waals surface area contributed by atoms with Gasteiger partial charge in [0.05, 0.1) is 18.5 Å². The molecule has 0 bridgehead atoms. The zero-order valence-corrected chi connectivity index (χ0v) is 9.71. The van der Waals surface area contributed by atoms with Crippen LogP contribution in [0.3, 0.4) is 0 Å². The van der Waals surface area contributed by atoms with E-state index < -0.39 is 11.6 Å². The molecule has 0 fully saturated rings. The first kappa shape index (κ1) is 12.2. The lowest BCUT2D eigenvalue weighted by atomic mass is 10.2. The smallest absolute Gasteiger partial charge is 0.184 e. The summed E-state index contributed by atoms with van der Waals surface area (Å²) >= 11 is 0. The average molecular weight is 250 g/mol. The third kappa shape index (κ3) is 2.20. The Morgan fingerprint density at radius 2 is 1.83 bits per heavy atom. The van der Waals surface area contributed by atoms with Crippen molar-refractivity contribution in [3.63, 3.8) is 0 Å². The van der Waals surface area contributed by atoms with Gasteiger partial charge in [-0.1, -0.05) is 12.1 Å². The molecule has 2 rings (SSSR count). The van der Waals surface area contributed by atoms with E-state index in [2.05, 4.69) is 5.32 Å². The van der Waals surface area contributed by atoms with Crippen molar-refractivity contribution in [1.29, 1.82) is 0 Å². The largest absolute Gasteiger partial charge is 0.495 e. The number of methoxy groups -OCH3 is 1. The highest BCUT2D eigenvalue weighted by atomic mass is 19.2. The highest BCUT2D eigenvalue weighted by molar-refractivity contribution is 5.75. The lowest BCUT2D eigenvalue weighted by Crippen LogP contribution is -2.02. The number of benzene rings is 2. The van der Waals surface area contributed by atoms with Crippen LogP contribution in [0.25, 0.3) is 0 Å². The number of hydrogen-bond donors (Lipinski definition) is 2. The Balaban J connectivity index is 2.43. The van der Waals surface area contributed by atoms with E-state index in [4.69, 9.17) is 10.5 Å². The van der Waals surface area contributed by atoms with Gasteiger partial charge in [0, 0.05) is 0 Å². The molecular weight excluding hydrogens is 238 g/mol. The molecule has 0 aromatic heterocycles. The first-order chi connectivity index (χ1) is 8.63. The second kappa shape index (κ2) is 4.91. The summed E-state index contributed by atoms with van der Waals surface area (Å²) in [6.07, 6.45) is 0. The predicted octanol–water partition coefficient (Wildman–Crippen LogP) is 3.30. The maximum absolute atomic E-state index is 13.6. The minimum absolute atomic E-state index is 0.0977. The summed E-state index contributed by atoms with van der Waals surface area (Å²) in [5.74, 6) is -1.46. The van der Waals surface area contributed by atoms with Gasteiger partial charge in [-0.05, 0) is 24.3 Å². The van der Waals surface area contributed by atoms with Crippen molar-refractivity contribution in [2.75, 3.05) is 18.2 Å². The van der Waals surface area contributed by atoms with Crippen molar-refractivity contribution in [2.24, 2.45) is 0 Å². The minimum Gasteiger partial charge on any atom is -0.495 e. The van der Waals surface area contributed by atoms with Gasteiger partial charge in [-0.25, -0.2) is 8.78 Å². The van der Waals surface area contributed by atoms with Crippen molar-refractivity contribution in [1.82, 2.24) is 0 Å².